The monoisotopic (exact) mass is 270 g/mol. The second-order valence-electron chi connectivity index (χ2n) is 4.53. The highest BCUT2D eigenvalue weighted by atomic mass is 16.6. The first-order valence-corrected chi connectivity index (χ1v) is 6.48. The van der Waals surface area contributed by atoms with Crippen molar-refractivity contribution in [3.05, 3.63) is 71.8 Å². The molecular weight excluding hydrogens is 252 g/mol. The smallest absolute Gasteiger partial charge is 0.424 e. The van der Waals surface area contributed by atoms with Crippen LogP contribution < -0.4 is 5.84 Å². The molecule has 0 spiro atoms. The van der Waals surface area contributed by atoms with Crippen molar-refractivity contribution in [3.8, 4) is 0 Å². The van der Waals surface area contributed by atoms with Gasteiger partial charge in [0.2, 0.25) is 0 Å². The maximum absolute atomic E-state index is 11.9. The average Bonchev–Trinajstić information content (AvgIpc) is 2.53. The molecular formula is C16H18N2O2. The third-order valence-corrected chi connectivity index (χ3v) is 3.12. The lowest BCUT2D eigenvalue weighted by Crippen LogP contribution is -2.39. The normalized spacial score (nSPS) is 11.7. The van der Waals surface area contributed by atoms with Crippen LogP contribution in [0, 0.1) is 0 Å². The van der Waals surface area contributed by atoms with E-state index in [0.29, 0.717) is 0 Å². The highest BCUT2D eigenvalue weighted by Gasteiger charge is 2.19. The van der Waals surface area contributed by atoms with Crippen molar-refractivity contribution in [1.82, 2.24) is 5.01 Å². The van der Waals surface area contributed by atoms with Crippen LogP contribution in [0.15, 0.2) is 60.7 Å². The topological polar surface area (TPSA) is 55.6 Å². The van der Waals surface area contributed by atoms with Crippen LogP contribution in [-0.2, 0) is 11.3 Å². The van der Waals surface area contributed by atoms with Gasteiger partial charge in [0, 0.05) is 0 Å². The molecule has 2 aromatic rings. The highest BCUT2D eigenvalue weighted by Crippen LogP contribution is 2.17. The van der Waals surface area contributed by atoms with Crippen molar-refractivity contribution in [3.63, 3.8) is 0 Å². The molecule has 1 atom stereocenters. The first-order chi connectivity index (χ1) is 9.68. The van der Waals surface area contributed by atoms with Crippen LogP contribution in [0.4, 0.5) is 4.79 Å². The Morgan fingerprint density at radius 1 is 1.10 bits per heavy atom. The van der Waals surface area contributed by atoms with Gasteiger partial charge in [0.25, 0.3) is 0 Å². The number of nitrogens with zero attached hydrogens (tertiary/aromatic N) is 1. The van der Waals surface area contributed by atoms with Crippen LogP contribution in [0.3, 0.4) is 0 Å². The molecule has 0 bridgehead atoms. The molecule has 4 heteroatoms. The van der Waals surface area contributed by atoms with Crippen molar-refractivity contribution in [1.29, 1.82) is 0 Å². The first-order valence-electron chi connectivity index (χ1n) is 6.48. The number of carbonyl (C=O) groups is 1. The predicted molar refractivity (Wildman–Crippen MR) is 77.5 cm³/mol. The van der Waals surface area contributed by atoms with Gasteiger partial charge in [0.05, 0.1) is 6.04 Å². The molecule has 2 rings (SSSR count). The van der Waals surface area contributed by atoms with Gasteiger partial charge in [-0.25, -0.2) is 15.6 Å². The summed E-state index contributed by atoms with van der Waals surface area (Å²) in [4.78, 5) is 11.9. The van der Waals surface area contributed by atoms with Crippen molar-refractivity contribution in [2.75, 3.05) is 0 Å². The molecule has 0 saturated carbocycles. The highest BCUT2D eigenvalue weighted by molar-refractivity contribution is 5.67. The van der Waals surface area contributed by atoms with Crippen LogP contribution >= 0.6 is 0 Å². The zero-order valence-electron chi connectivity index (χ0n) is 11.4. The molecule has 1 unspecified atom stereocenters. The number of nitrogens with two attached hydrogens (primary N) is 1. The van der Waals surface area contributed by atoms with Crippen LogP contribution in [0.25, 0.3) is 0 Å². The summed E-state index contributed by atoms with van der Waals surface area (Å²) in [5.41, 5.74) is 1.90. The van der Waals surface area contributed by atoms with Gasteiger partial charge < -0.3 is 4.74 Å². The lowest BCUT2D eigenvalue weighted by atomic mass is 10.1. The van der Waals surface area contributed by atoms with E-state index in [1.54, 1.807) is 0 Å². The number of amides is 1. The van der Waals surface area contributed by atoms with E-state index in [-0.39, 0.29) is 12.6 Å². The van der Waals surface area contributed by atoms with Crippen LogP contribution in [0.5, 0.6) is 0 Å². The molecule has 0 heterocycles. The molecule has 0 aliphatic carbocycles. The number of benzene rings is 2. The van der Waals surface area contributed by atoms with Gasteiger partial charge in [-0.3, -0.25) is 0 Å². The Labute approximate surface area is 118 Å². The second-order valence-corrected chi connectivity index (χ2v) is 4.53. The zero-order valence-corrected chi connectivity index (χ0v) is 11.4. The van der Waals surface area contributed by atoms with Crippen LogP contribution in [0.2, 0.25) is 0 Å². The largest absolute Gasteiger partial charge is 0.444 e. The number of hydrazine groups is 1. The molecule has 20 heavy (non-hydrogen) atoms. The summed E-state index contributed by atoms with van der Waals surface area (Å²) in [6.07, 6.45) is -0.537. The van der Waals surface area contributed by atoms with E-state index in [1.807, 2.05) is 67.6 Å². The van der Waals surface area contributed by atoms with E-state index in [9.17, 15) is 4.79 Å². The summed E-state index contributed by atoms with van der Waals surface area (Å²) in [5.74, 6) is 5.82. The summed E-state index contributed by atoms with van der Waals surface area (Å²) in [6.45, 7) is 2.08. The Morgan fingerprint density at radius 2 is 1.65 bits per heavy atom. The van der Waals surface area contributed by atoms with Gasteiger partial charge in [-0.2, -0.15) is 0 Å². The van der Waals surface area contributed by atoms with Crippen molar-refractivity contribution >= 4 is 6.09 Å². The molecule has 0 aliphatic rings. The van der Waals surface area contributed by atoms with E-state index in [4.69, 9.17) is 10.6 Å². The van der Waals surface area contributed by atoms with E-state index in [2.05, 4.69) is 0 Å². The standard InChI is InChI=1S/C16H18N2O2/c1-13(15-10-6-3-7-11-15)18(17)16(19)20-12-14-8-4-2-5-9-14/h2-11,13H,12,17H2,1H3. The Kier molecular flexibility index (Phi) is 4.74. The van der Waals surface area contributed by atoms with Crippen molar-refractivity contribution < 1.29 is 9.53 Å². The summed E-state index contributed by atoms with van der Waals surface area (Å²) >= 11 is 0. The fraction of sp³-hybridized carbons (Fsp3) is 0.188. The van der Waals surface area contributed by atoms with Gasteiger partial charge in [-0.1, -0.05) is 60.7 Å². The maximum atomic E-state index is 11.9. The van der Waals surface area contributed by atoms with Gasteiger partial charge in [-0.15, -0.1) is 0 Å². The SMILES string of the molecule is CC(c1ccccc1)N(N)C(=O)OCc1ccccc1. The maximum Gasteiger partial charge on any atom is 0.424 e. The lowest BCUT2D eigenvalue weighted by molar-refractivity contribution is 0.0830. The molecule has 0 radical (unpaired) electrons. The summed E-state index contributed by atoms with van der Waals surface area (Å²) in [7, 11) is 0. The minimum absolute atomic E-state index is 0.217. The Balaban J connectivity index is 1.92. The minimum atomic E-state index is -0.537. The van der Waals surface area contributed by atoms with Crippen LogP contribution in [0.1, 0.15) is 24.1 Å². The third kappa shape index (κ3) is 3.59. The van der Waals surface area contributed by atoms with Crippen molar-refractivity contribution in [2.45, 2.75) is 19.6 Å². The number of hydrogen-bond donors (Lipinski definition) is 1. The average molecular weight is 270 g/mol. The second kappa shape index (κ2) is 6.73. The number of rotatable bonds is 4. The fourth-order valence-electron chi connectivity index (χ4n) is 1.84. The fourth-order valence-corrected chi connectivity index (χ4v) is 1.84. The first kappa shape index (κ1) is 14.1. The Hall–Kier alpha value is -2.33. The zero-order chi connectivity index (χ0) is 14.4. The van der Waals surface area contributed by atoms with Gasteiger partial charge in [0.1, 0.15) is 6.61 Å². The summed E-state index contributed by atoms with van der Waals surface area (Å²) < 4.78 is 5.19. The molecule has 0 aromatic heterocycles. The lowest BCUT2D eigenvalue weighted by Gasteiger charge is -2.23. The number of hydrogen-bond acceptors (Lipinski definition) is 3. The van der Waals surface area contributed by atoms with E-state index >= 15 is 0 Å². The molecule has 4 nitrogen and oxygen atoms in total. The molecule has 2 N–H and O–H groups in total. The minimum Gasteiger partial charge on any atom is -0.444 e. The molecule has 0 fully saturated rings. The molecule has 0 aliphatic heterocycles. The van der Waals surface area contributed by atoms with E-state index in [1.165, 1.54) is 0 Å². The Morgan fingerprint density at radius 3 is 2.25 bits per heavy atom. The molecule has 0 saturated heterocycles. The Bertz CT molecular complexity index is 543. The molecule has 1 amide bonds. The van der Waals surface area contributed by atoms with E-state index in [0.717, 1.165) is 16.1 Å². The quantitative estimate of drug-likeness (QED) is 0.527. The molecule has 2 aromatic carbocycles. The predicted octanol–water partition coefficient (Wildman–Crippen LogP) is 3.26. The van der Waals surface area contributed by atoms with E-state index < -0.39 is 6.09 Å². The number of carbonyl (C=O) groups excluding carboxylic acids is 1. The third-order valence-electron chi connectivity index (χ3n) is 3.12. The van der Waals surface area contributed by atoms with Gasteiger partial charge >= 0.3 is 6.09 Å². The molecule has 104 valence electrons. The van der Waals surface area contributed by atoms with Crippen LogP contribution in [-0.4, -0.2) is 11.1 Å². The summed E-state index contributed by atoms with van der Waals surface area (Å²) in [5, 5.41) is 1.11. The summed E-state index contributed by atoms with van der Waals surface area (Å²) in [6, 6.07) is 18.9. The number of ether oxygens (including phenoxy) is 1. The van der Waals surface area contributed by atoms with Gasteiger partial charge in [0.15, 0.2) is 0 Å². The van der Waals surface area contributed by atoms with Gasteiger partial charge in [-0.05, 0) is 18.1 Å². The van der Waals surface area contributed by atoms with Crippen molar-refractivity contribution in [2.24, 2.45) is 5.84 Å².